The minimum Gasteiger partial charge on any atom is -0.350 e. The second-order valence-electron chi connectivity index (χ2n) is 4.69. The van der Waals surface area contributed by atoms with Crippen LogP contribution in [0.5, 0.6) is 0 Å². The van der Waals surface area contributed by atoms with Crippen LogP contribution in [0.4, 0.5) is 0 Å². The van der Waals surface area contributed by atoms with Crippen molar-refractivity contribution in [1.82, 2.24) is 20.2 Å². The van der Waals surface area contributed by atoms with E-state index in [1.165, 1.54) is 16.4 Å². The number of carbonyl (C=O) groups excluding carboxylic acids is 1. The van der Waals surface area contributed by atoms with Gasteiger partial charge in [0.05, 0.1) is 12.3 Å². The maximum absolute atomic E-state index is 11.9. The molecule has 0 aliphatic heterocycles. The molecule has 3 N–H and O–H groups in total. The van der Waals surface area contributed by atoms with Gasteiger partial charge in [0.1, 0.15) is 0 Å². The Morgan fingerprint density at radius 1 is 1.22 bits per heavy atom. The van der Waals surface area contributed by atoms with E-state index in [-0.39, 0.29) is 11.7 Å². The van der Waals surface area contributed by atoms with Crippen LogP contribution >= 0.6 is 23.1 Å². The van der Waals surface area contributed by atoms with Crippen molar-refractivity contribution in [3.05, 3.63) is 52.7 Å². The third kappa shape index (κ3) is 3.91. The van der Waals surface area contributed by atoms with Crippen molar-refractivity contribution in [2.24, 2.45) is 0 Å². The molecule has 0 saturated carbocycles. The average molecular weight is 345 g/mol. The summed E-state index contributed by atoms with van der Waals surface area (Å²) in [5.41, 5.74) is 0.886. The van der Waals surface area contributed by atoms with Crippen molar-refractivity contribution in [3.63, 3.8) is 0 Å². The first-order valence-electron chi connectivity index (χ1n) is 6.92. The molecule has 3 aromatic rings. The largest absolute Gasteiger partial charge is 0.350 e. The number of nitrogens with one attached hydrogen (secondary N) is 1. The fourth-order valence-corrected chi connectivity index (χ4v) is 3.27. The number of rotatable bonds is 6. The summed E-state index contributed by atoms with van der Waals surface area (Å²) in [7, 11) is 0. The zero-order valence-corrected chi connectivity index (χ0v) is 13.8. The number of nitrogens with zero attached hydrogens (tertiary/aromatic N) is 3. The van der Waals surface area contributed by atoms with Crippen molar-refractivity contribution >= 4 is 29.0 Å². The first-order valence-corrected chi connectivity index (χ1v) is 8.78. The Hall–Kier alpha value is -2.32. The minimum absolute atomic E-state index is 0.0624. The molecule has 0 radical (unpaired) electrons. The average Bonchev–Trinajstić information content (AvgIpc) is 3.22. The Bertz CT molecular complexity index is 771. The maximum atomic E-state index is 11.9. The highest BCUT2D eigenvalue weighted by Crippen LogP contribution is 2.21. The van der Waals surface area contributed by atoms with Gasteiger partial charge in [-0.15, -0.1) is 21.5 Å². The summed E-state index contributed by atoms with van der Waals surface area (Å²) < 4.78 is 1.41. The highest BCUT2D eigenvalue weighted by Gasteiger charge is 2.13. The Labute approximate surface area is 141 Å². The topological polar surface area (TPSA) is 85.8 Å². The van der Waals surface area contributed by atoms with Crippen molar-refractivity contribution < 1.29 is 4.79 Å². The van der Waals surface area contributed by atoms with E-state index in [2.05, 4.69) is 15.5 Å². The van der Waals surface area contributed by atoms with Gasteiger partial charge in [-0.2, -0.15) is 0 Å². The molecule has 0 aliphatic rings. The molecular formula is C15H15N5OS2. The predicted octanol–water partition coefficient (Wildman–Crippen LogP) is 2.13. The Morgan fingerprint density at radius 3 is 2.78 bits per heavy atom. The Morgan fingerprint density at radius 2 is 2.04 bits per heavy atom. The number of amides is 1. The summed E-state index contributed by atoms with van der Waals surface area (Å²) in [6, 6.07) is 13.5. The van der Waals surface area contributed by atoms with Gasteiger partial charge in [-0.3, -0.25) is 4.79 Å². The van der Waals surface area contributed by atoms with Gasteiger partial charge in [-0.1, -0.05) is 48.2 Å². The summed E-state index contributed by atoms with van der Waals surface area (Å²) in [6.07, 6.45) is 0. The van der Waals surface area contributed by atoms with Crippen LogP contribution in [0.2, 0.25) is 0 Å². The zero-order valence-electron chi connectivity index (χ0n) is 12.2. The van der Waals surface area contributed by atoms with Crippen LogP contribution in [0.3, 0.4) is 0 Å². The van der Waals surface area contributed by atoms with Gasteiger partial charge in [0.25, 0.3) is 0 Å². The number of thioether (sulfide) groups is 1. The van der Waals surface area contributed by atoms with E-state index in [4.69, 9.17) is 5.84 Å². The second kappa shape index (κ2) is 7.30. The first kappa shape index (κ1) is 15.6. The van der Waals surface area contributed by atoms with Gasteiger partial charge in [-0.25, -0.2) is 4.68 Å². The lowest BCUT2D eigenvalue weighted by Crippen LogP contribution is -2.24. The molecule has 6 nitrogen and oxygen atoms in total. The number of aromatic nitrogens is 3. The van der Waals surface area contributed by atoms with Crippen molar-refractivity contribution in [2.75, 3.05) is 11.6 Å². The molecule has 0 aliphatic carbocycles. The van der Waals surface area contributed by atoms with Gasteiger partial charge in [0.2, 0.25) is 11.1 Å². The normalized spacial score (nSPS) is 10.6. The van der Waals surface area contributed by atoms with Crippen LogP contribution in [0.15, 0.2) is 53.0 Å². The van der Waals surface area contributed by atoms with Crippen LogP contribution in [0.25, 0.3) is 11.4 Å². The fourth-order valence-electron chi connectivity index (χ4n) is 1.94. The van der Waals surface area contributed by atoms with E-state index in [1.807, 2.05) is 47.8 Å². The van der Waals surface area contributed by atoms with E-state index in [1.54, 1.807) is 11.3 Å². The summed E-state index contributed by atoms with van der Waals surface area (Å²) in [5, 5.41) is 13.5. The fraction of sp³-hybridized carbons (Fsp3) is 0.133. The number of hydrogen-bond acceptors (Lipinski definition) is 6. The number of benzene rings is 1. The van der Waals surface area contributed by atoms with E-state index in [0.717, 1.165) is 10.4 Å². The number of thiophene rings is 1. The molecule has 23 heavy (non-hydrogen) atoms. The molecule has 0 unspecified atom stereocenters. The maximum Gasteiger partial charge on any atom is 0.230 e. The highest BCUT2D eigenvalue weighted by molar-refractivity contribution is 7.99. The quantitative estimate of drug-likeness (QED) is 0.528. The van der Waals surface area contributed by atoms with Crippen LogP contribution in [-0.4, -0.2) is 26.5 Å². The van der Waals surface area contributed by atoms with Crippen molar-refractivity contribution in [1.29, 1.82) is 0 Å². The number of hydrogen-bond donors (Lipinski definition) is 2. The number of nitrogen functional groups attached to an aromatic ring is 1. The standard InChI is InChI=1S/C15H15N5OS2/c16-20-14(11-5-2-1-3-6-11)18-19-15(20)23-10-13(21)17-9-12-7-4-8-22-12/h1-8H,9-10,16H2,(H,17,21). The molecule has 8 heteroatoms. The Kier molecular flexibility index (Phi) is 4.94. The molecule has 0 atom stereocenters. The molecule has 1 aromatic carbocycles. The second-order valence-corrected chi connectivity index (χ2v) is 6.66. The van der Waals surface area contributed by atoms with Crippen molar-refractivity contribution in [2.45, 2.75) is 11.7 Å². The van der Waals surface area contributed by atoms with Gasteiger partial charge in [0.15, 0.2) is 5.82 Å². The number of nitrogens with two attached hydrogens (primary N) is 1. The molecule has 1 amide bonds. The van der Waals surface area contributed by atoms with Crippen LogP contribution in [0.1, 0.15) is 4.88 Å². The van der Waals surface area contributed by atoms with Gasteiger partial charge in [-0.05, 0) is 11.4 Å². The molecular weight excluding hydrogens is 330 g/mol. The van der Waals surface area contributed by atoms with Crippen LogP contribution in [-0.2, 0) is 11.3 Å². The van der Waals surface area contributed by atoms with Gasteiger partial charge in [0, 0.05) is 10.4 Å². The van der Waals surface area contributed by atoms with Gasteiger partial charge >= 0.3 is 0 Å². The summed E-state index contributed by atoms with van der Waals surface area (Å²) in [5.74, 6) is 6.77. The molecule has 0 bridgehead atoms. The molecule has 0 saturated heterocycles. The zero-order chi connectivity index (χ0) is 16.1. The van der Waals surface area contributed by atoms with Gasteiger partial charge < -0.3 is 11.2 Å². The lowest BCUT2D eigenvalue weighted by atomic mass is 10.2. The van der Waals surface area contributed by atoms with E-state index in [9.17, 15) is 4.79 Å². The van der Waals surface area contributed by atoms with Crippen LogP contribution < -0.4 is 11.2 Å². The highest BCUT2D eigenvalue weighted by atomic mass is 32.2. The van der Waals surface area contributed by atoms with Crippen LogP contribution in [0, 0.1) is 0 Å². The Balaban J connectivity index is 1.56. The molecule has 3 rings (SSSR count). The van der Waals surface area contributed by atoms with E-state index < -0.39 is 0 Å². The predicted molar refractivity (Wildman–Crippen MR) is 92.5 cm³/mol. The summed E-state index contributed by atoms with van der Waals surface area (Å²) in [6.45, 7) is 0.543. The van der Waals surface area contributed by atoms with Crippen molar-refractivity contribution in [3.8, 4) is 11.4 Å². The minimum atomic E-state index is -0.0624. The molecule has 2 aromatic heterocycles. The summed E-state index contributed by atoms with van der Waals surface area (Å²) >= 11 is 2.88. The SMILES string of the molecule is Nn1c(SCC(=O)NCc2cccs2)nnc1-c1ccccc1. The summed E-state index contributed by atoms with van der Waals surface area (Å²) in [4.78, 5) is 13.0. The molecule has 2 heterocycles. The first-order chi connectivity index (χ1) is 11.2. The molecule has 0 fully saturated rings. The third-order valence-electron chi connectivity index (χ3n) is 3.07. The molecule has 118 valence electrons. The van der Waals surface area contributed by atoms with E-state index >= 15 is 0 Å². The lowest BCUT2D eigenvalue weighted by Gasteiger charge is -2.04. The smallest absolute Gasteiger partial charge is 0.230 e. The monoisotopic (exact) mass is 345 g/mol. The molecule has 0 spiro atoms. The lowest BCUT2D eigenvalue weighted by molar-refractivity contribution is -0.118. The van der Waals surface area contributed by atoms with E-state index in [0.29, 0.717) is 17.5 Å². The third-order valence-corrected chi connectivity index (χ3v) is 4.89. The number of carbonyl (C=O) groups is 1.